The van der Waals surface area contributed by atoms with Crippen LogP contribution in [0.5, 0.6) is 0 Å². The molecule has 0 aromatic heterocycles. The van der Waals surface area contributed by atoms with Gasteiger partial charge in [0.05, 0.1) is 0 Å². The van der Waals surface area contributed by atoms with E-state index < -0.39 is 0 Å². The second-order valence-electron chi connectivity index (χ2n) is 6.26. The molecule has 1 aliphatic heterocycles. The van der Waals surface area contributed by atoms with Gasteiger partial charge < -0.3 is 10.6 Å². The monoisotopic (exact) mass is 353 g/mol. The highest BCUT2D eigenvalue weighted by Crippen LogP contribution is 2.27. The summed E-state index contributed by atoms with van der Waals surface area (Å²) >= 11 is 3.60. The molecule has 2 rings (SSSR count). The normalized spacial score (nSPS) is 20.7. The molecule has 0 spiro atoms. The van der Waals surface area contributed by atoms with Crippen molar-refractivity contribution in [2.45, 2.75) is 45.2 Å². The minimum atomic E-state index is 0.192. The quantitative estimate of drug-likeness (QED) is 0.851. The van der Waals surface area contributed by atoms with Crippen molar-refractivity contribution in [3.8, 4) is 0 Å². The molecule has 0 amide bonds. The largest absolute Gasteiger partial charge is 0.373 e. The number of benzene rings is 1. The lowest BCUT2D eigenvalue weighted by Gasteiger charge is -2.30. The molecule has 4 heteroatoms. The molecule has 0 aliphatic carbocycles. The topological polar surface area (TPSA) is 32.5 Å². The van der Waals surface area contributed by atoms with E-state index in [1.807, 2.05) is 0 Å². The zero-order chi connectivity index (χ0) is 15.4. The zero-order valence-electron chi connectivity index (χ0n) is 13.5. The Labute approximate surface area is 137 Å². The van der Waals surface area contributed by atoms with Gasteiger partial charge in [0.2, 0.25) is 0 Å². The first-order chi connectivity index (χ1) is 10.0. The molecule has 0 bridgehead atoms. The highest BCUT2D eigenvalue weighted by molar-refractivity contribution is 9.10. The summed E-state index contributed by atoms with van der Waals surface area (Å²) in [5.41, 5.74) is 8.65. The molecule has 1 saturated heterocycles. The molecule has 2 atom stereocenters. The molecule has 0 saturated carbocycles. The van der Waals surface area contributed by atoms with E-state index in [4.69, 9.17) is 5.73 Å². The second kappa shape index (κ2) is 7.61. The molecule has 1 aromatic carbocycles. The van der Waals surface area contributed by atoms with Crippen molar-refractivity contribution in [1.82, 2.24) is 4.90 Å². The molecule has 1 aliphatic rings. The summed E-state index contributed by atoms with van der Waals surface area (Å²) < 4.78 is 1.14. The number of halogens is 1. The molecule has 2 unspecified atom stereocenters. The summed E-state index contributed by atoms with van der Waals surface area (Å²) in [4.78, 5) is 5.00. The summed E-state index contributed by atoms with van der Waals surface area (Å²) in [6.45, 7) is 7.83. The molecule has 2 N–H and O–H groups in total. The van der Waals surface area contributed by atoms with Crippen molar-refractivity contribution in [2.24, 2.45) is 5.73 Å². The molecule has 1 fully saturated rings. The second-order valence-corrected chi connectivity index (χ2v) is 7.18. The molecular formula is C17H28BrN3. The minimum absolute atomic E-state index is 0.192. The summed E-state index contributed by atoms with van der Waals surface area (Å²) in [5, 5.41) is 0. The average Bonchev–Trinajstić information content (AvgIpc) is 2.87. The molecule has 21 heavy (non-hydrogen) atoms. The first kappa shape index (κ1) is 16.8. The van der Waals surface area contributed by atoms with Crippen LogP contribution in [0.1, 0.15) is 32.3 Å². The van der Waals surface area contributed by atoms with Crippen LogP contribution in [-0.2, 0) is 6.42 Å². The SMILES string of the molecule is CCN1CCCC1CN(C)c1cc(Br)ccc1CC(C)N. The van der Waals surface area contributed by atoms with Crippen LogP contribution in [0.4, 0.5) is 5.69 Å². The van der Waals surface area contributed by atoms with E-state index in [-0.39, 0.29) is 6.04 Å². The number of nitrogens with zero attached hydrogens (tertiary/aromatic N) is 2. The average molecular weight is 354 g/mol. The number of hydrogen-bond acceptors (Lipinski definition) is 3. The van der Waals surface area contributed by atoms with E-state index in [9.17, 15) is 0 Å². The van der Waals surface area contributed by atoms with Gasteiger partial charge in [-0.2, -0.15) is 0 Å². The van der Waals surface area contributed by atoms with Crippen molar-refractivity contribution < 1.29 is 0 Å². The Morgan fingerprint density at radius 2 is 2.24 bits per heavy atom. The lowest BCUT2D eigenvalue weighted by atomic mass is 10.0. The standard InChI is InChI=1S/C17H28BrN3/c1-4-21-9-5-6-16(21)12-20(3)17-11-15(18)8-7-14(17)10-13(2)19/h7-8,11,13,16H,4-6,9-10,12,19H2,1-3H3. The van der Waals surface area contributed by atoms with E-state index >= 15 is 0 Å². The van der Waals surface area contributed by atoms with Crippen LogP contribution >= 0.6 is 15.9 Å². The third kappa shape index (κ3) is 4.44. The summed E-state index contributed by atoms with van der Waals surface area (Å²) in [7, 11) is 2.21. The molecule has 3 nitrogen and oxygen atoms in total. The maximum atomic E-state index is 6.00. The third-order valence-electron chi connectivity index (χ3n) is 4.39. The molecule has 0 radical (unpaired) electrons. The van der Waals surface area contributed by atoms with Gasteiger partial charge in [-0.15, -0.1) is 0 Å². The fraction of sp³-hybridized carbons (Fsp3) is 0.647. The van der Waals surface area contributed by atoms with Crippen molar-refractivity contribution in [3.63, 3.8) is 0 Å². The van der Waals surface area contributed by atoms with Gasteiger partial charge in [-0.3, -0.25) is 4.90 Å². The van der Waals surface area contributed by atoms with Crippen LogP contribution in [0.3, 0.4) is 0 Å². The maximum absolute atomic E-state index is 6.00. The Morgan fingerprint density at radius 3 is 2.90 bits per heavy atom. The Hall–Kier alpha value is -0.580. The van der Waals surface area contributed by atoms with Crippen LogP contribution < -0.4 is 10.6 Å². The van der Waals surface area contributed by atoms with Crippen molar-refractivity contribution >= 4 is 21.6 Å². The Kier molecular flexibility index (Phi) is 6.08. The lowest BCUT2D eigenvalue weighted by Crippen LogP contribution is -2.39. The Balaban J connectivity index is 2.13. The smallest absolute Gasteiger partial charge is 0.0408 e. The minimum Gasteiger partial charge on any atom is -0.373 e. The van der Waals surface area contributed by atoms with Gasteiger partial charge in [-0.1, -0.05) is 28.9 Å². The van der Waals surface area contributed by atoms with Gasteiger partial charge in [-0.05, 0) is 57.0 Å². The first-order valence-corrected chi connectivity index (χ1v) is 8.79. The van der Waals surface area contributed by atoms with Gasteiger partial charge >= 0.3 is 0 Å². The number of likely N-dealkylation sites (N-methyl/N-ethyl adjacent to an activating group) is 2. The van der Waals surface area contributed by atoms with Crippen LogP contribution in [0, 0.1) is 0 Å². The van der Waals surface area contributed by atoms with E-state index in [1.165, 1.54) is 30.6 Å². The van der Waals surface area contributed by atoms with Crippen molar-refractivity contribution in [1.29, 1.82) is 0 Å². The van der Waals surface area contributed by atoms with Gasteiger partial charge in [0, 0.05) is 35.8 Å². The number of likely N-dealkylation sites (tertiary alicyclic amines) is 1. The predicted octanol–water partition coefficient (Wildman–Crippen LogP) is 3.26. The lowest BCUT2D eigenvalue weighted by molar-refractivity contribution is 0.270. The number of hydrogen-bond donors (Lipinski definition) is 1. The van der Waals surface area contributed by atoms with E-state index in [1.54, 1.807) is 0 Å². The molecule has 1 heterocycles. The summed E-state index contributed by atoms with van der Waals surface area (Å²) in [6.07, 6.45) is 3.57. The molecule has 1 aromatic rings. The number of rotatable bonds is 6. The highest BCUT2D eigenvalue weighted by atomic mass is 79.9. The van der Waals surface area contributed by atoms with Crippen LogP contribution in [-0.4, -0.2) is 43.7 Å². The highest BCUT2D eigenvalue weighted by Gasteiger charge is 2.24. The van der Waals surface area contributed by atoms with Crippen LogP contribution in [0.15, 0.2) is 22.7 Å². The van der Waals surface area contributed by atoms with E-state index in [2.05, 4.69) is 64.8 Å². The fourth-order valence-electron chi connectivity index (χ4n) is 3.34. The summed E-state index contributed by atoms with van der Waals surface area (Å²) in [6, 6.07) is 7.41. The maximum Gasteiger partial charge on any atom is 0.0408 e. The summed E-state index contributed by atoms with van der Waals surface area (Å²) in [5.74, 6) is 0. The van der Waals surface area contributed by atoms with Crippen molar-refractivity contribution in [2.75, 3.05) is 31.6 Å². The fourth-order valence-corrected chi connectivity index (χ4v) is 3.69. The van der Waals surface area contributed by atoms with Gasteiger partial charge in [0.15, 0.2) is 0 Å². The van der Waals surface area contributed by atoms with Crippen molar-refractivity contribution in [3.05, 3.63) is 28.2 Å². The van der Waals surface area contributed by atoms with Gasteiger partial charge in [-0.25, -0.2) is 0 Å². The van der Waals surface area contributed by atoms with E-state index in [0.717, 1.165) is 24.0 Å². The molecular weight excluding hydrogens is 326 g/mol. The number of nitrogens with two attached hydrogens (primary N) is 1. The van der Waals surface area contributed by atoms with Gasteiger partial charge in [0.25, 0.3) is 0 Å². The first-order valence-electron chi connectivity index (χ1n) is 8.00. The molecule has 118 valence electrons. The van der Waals surface area contributed by atoms with Crippen LogP contribution in [0.25, 0.3) is 0 Å². The van der Waals surface area contributed by atoms with E-state index in [0.29, 0.717) is 6.04 Å². The predicted molar refractivity (Wildman–Crippen MR) is 95.0 cm³/mol. The Bertz CT molecular complexity index is 461. The zero-order valence-corrected chi connectivity index (χ0v) is 15.1. The third-order valence-corrected chi connectivity index (χ3v) is 4.88. The van der Waals surface area contributed by atoms with Gasteiger partial charge in [0.1, 0.15) is 0 Å². The van der Waals surface area contributed by atoms with Crippen LogP contribution in [0.2, 0.25) is 0 Å². The Morgan fingerprint density at radius 1 is 1.48 bits per heavy atom. The number of anilines is 1.